The number of hydrogen-bond acceptors (Lipinski definition) is 2. The first kappa shape index (κ1) is 14.5. The standard InChI is InChI=1S/C14H22BrNO/c1-3-5-12-9-11(6-7-16)13(15)10-14(12)17-8-4-2/h9-10H,3-8,16H2,1-2H3. The number of aryl methyl sites for hydroxylation is 1. The topological polar surface area (TPSA) is 35.2 Å². The maximum absolute atomic E-state index is 5.79. The van der Waals surface area contributed by atoms with Gasteiger partial charge in [-0.1, -0.05) is 42.3 Å². The van der Waals surface area contributed by atoms with Crippen molar-refractivity contribution in [2.75, 3.05) is 13.2 Å². The Kier molecular flexibility index (Phi) is 6.60. The maximum Gasteiger partial charge on any atom is 0.123 e. The third-order valence-corrected chi connectivity index (χ3v) is 3.36. The summed E-state index contributed by atoms with van der Waals surface area (Å²) in [6.07, 6.45) is 4.13. The third kappa shape index (κ3) is 4.32. The Morgan fingerprint density at radius 2 is 1.88 bits per heavy atom. The molecular weight excluding hydrogens is 278 g/mol. The summed E-state index contributed by atoms with van der Waals surface area (Å²) in [5.41, 5.74) is 8.20. The minimum Gasteiger partial charge on any atom is -0.493 e. The highest BCUT2D eigenvalue weighted by atomic mass is 79.9. The lowest BCUT2D eigenvalue weighted by Gasteiger charge is -2.14. The van der Waals surface area contributed by atoms with Gasteiger partial charge >= 0.3 is 0 Å². The van der Waals surface area contributed by atoms with Crippen molar-refractivity contribution in [2.45, 2.75) is 39.5 Å². The zero-order valence-corrected chi connectivity index (χ0v) is 12.3. The van der Waals surface area contributed by atoms with E-state index >= 15 is 0 Å². The van der Waals surface area contributed by atoms with Gasteiger partial charge in [0.2, 0.25) is 0 Å². The number of ether oxygens (including phenoxy) is 1. The molecule has 1 aromatic carbocycles. The van der Waals surface area contributed by atoms with E-state index in [4.69, 9.17) is 10.5 Å². The Morgan fingerprint density at radius 3 is 2.47 bits per heavy atom. The molecular formula is C14H22BrNO. The molecule has 0 radical (unpaired) electrons. The predicted octanol–water partition coefficient (Wildman–Crippen LogP) is 3.69. The predicted molar refractivity (Wildman–Crippen MR) is 76.7 cm³/mol. The lowest BCUT2D eigenvalue weighted by molar-refractivity contribution is 0.313. The molecule has 3 heteroatoms. The van der Waals surface area contributed by atoms with Crippen LogP contribution in [0.5, 0.6) is 5.75 Å². The monoisotopic (exact) mass is 299 g/mol. The van der Waals surface area contributed by atoms with Crippen molar-refractivity contribution in [1.82, 2.24) is 0 Å². The number of hydrogen-bond donors (Lipinski definition) is 1. The van der Waals surface area contributed by atoms with Gasteiger partial charge in [0.15, 0.2) is 0 Å². The van der Waals surface area contributed by atoms with E-state index in [0.29, 0.717) is 6.54 Å². The van der Waals surface area contributed by atoms with Crippen LogP contribution in [0.4, 0.5) is 0 Å². The molecule has 0 aliphatic carbocycles. The van der Waals surface area contributed by atoms with Gasteiger partial charge in [0.25, 0.3) is 0 Å². The van der Waals surface area contributed by atoms with Crippen LogP contribution in [0.1, 0.15) is 37.8 Å². The number of benzene rings is 1. The van der Waals surface area contributed by atoms with Gasteiger partial charge in [0.1, 0.15) is 5.75 Å². The van der Waals surface area contributed by atoms with E-state index in [1.807, 2.05) is 0 Å². The largest absolute Gasteiger partial charge is 0.493 e. The van der Waals surface area contributed by atoms with Crippen molar-refractivity contribution < 1.29 is 4.74 Å². The summed E-state index contributed by atoms with van der Waals surface area (Å²) in [5.74, 6) is 1.02. The minimum atomic E-state index is 0.680. The fourth-order valence-electron chi connectivity index (χ4n) is 1.81. The van der Waals surface area contributed by atoms with Crippen LogP contribution < -0.4 is 10.5 Å². The molecule has 0 aliphatic rings. The Balaban J connectivity index is 2.97. The molecule has 0 atom stereocenters. The average molecular weight is 300 g/mol. The van der Waals surface area contributed by atoms with Crippen LogP contribution in [0.2, 0.25) is 0 Å². The van der Waals surface area contributed by atoms with Crippen molar-refractivity contribution in [3.05, 3.63) is 27.7 Å². The van der Waals surface area contributed by atoms with Gasteiger partial charge < -0.3 is 10.5 Å². The van der Waals surface area contributed by atoms with E-state index in [9.17, 15) is 0 Å². The molecule has 96 valence electrons. The van der Waals surface area contributed by atoms with Gasteiger partial charge in [-0.15, -0.1) is 0 Å². The zero-order valence-electron chi connectivity index (χ0n) is 10.8. The Labute approximate surface area is 113 Å². The molecule has 2 N–H and O–H groups in total. The fraction of sp³-hybridized carbons (Fsp3) is 0.571. The molecule has 0 unspecified atom stereocenters. The quantitative estimate of drug-likeness (QED) is 0.833. The maximum atomic E-state index is 5.79. The van der Waals surface area contributed by atoms with Crippen molar-refractivity contribution >= 4 is 15.9 Å². The third-order valence-electron chi connectivity index (χ3n) is 2.62. The summed E-state index contributed by atoms with van der Waals surface area (Å²) in [5, 5.41) is 0. The van der Waals surface area contributed by atoms with Gasteiger partial charge in [-0.05, 0) is 43.0 Å². The van der Waals surface area contributed by atoms with Gasteiger partial charge in [0, 0.05) is 4.47 Å². The van der Waals surface area contributed by atoms with Crippen LogP contribution in [-0.4, -0.2) is 13.2 Å². The van der Waals surface area contributed by atoms with E-state index in [0.717, 1.165) is 42.5 Å². The fourth-order valence-corrected chi connectivity index (χ4v) is 2.33. The van der Waals surface area contributed by atoms with E-state index in [1.54, 1.807) is 0 Å². The Bertz CT molecular complexity index is 352. The van der Waals surface area contributed by atoms with Crippen LogP contribution in [0, 0.1) is 0 Å². The molecule has 0 heterocycles. The first-order chi connectivity index (χ1) is 8.22. The zero-order chi connectivity index (χ0) is 12.7. The van der Waals surface area contributed by atoms with Gasteiger partial charge in [-0.3, -0.25) is 0 Å². The van der Waals surface area contributed by atoms with Crippen LogP contribution in [-0.2, 0) is 12.8 Å². The molecule has 0 saturated carbocycles. The van der Waals surface area contributed by atoms with E-state index in [2.05, 4.69) is 41.9 Å². The summed E-state index contributed by atoms with van der Waals surface area (Å²) in [7, 11) is 0. The van der Waals surface area contributed by atoms with Crippen LogP contribution in [0.15, 0.2) is 16.6 Å². The summed E-state index contributed by atoms with van der Waals surface area (Å²) in [6.45, 7) is 5.77. The Morgan fingerprint density at radius 1 is 1.12 bits per heavy atom. The van der Waals surface area contributed by atoms with Crippen molar-refractivity contribution in [1.29, 1.82) is 0 Å². The molecule has 0 amide bonds. The lowest BCUT2D eigenvalue weighted by atomic mass is 10.0. The van der Waals surface area contributed by atoms with Gasteiger partial charge in [-0.2, -0.15) is 0 Å². The first-order valence-corrected chi connectivity index (χ1v) is 7.16. The molecule has 2 nitrogen and oxygen atoms in total. The number of nitrogens with two attached hydrogens (primary N) is 1. The average Bonchev–Trinajstić information content (AvgIpc) is 2.32. The molecule has 0 spiro atoms. The highest BCUT2D eigenvalue weighted by Crippen LogP contribution is 2.29. The summed E-state index contributed by atoms with van der Waals surface area (Å²) in [4.78, 5) is 0. The number of rotatable bonds is 7. The van der Waals surface area contributed by atoms with E-state index < -0.39 is 0 Å². The normalized spacial score (nSPS) is 10.6. The SMILES string of the molecule is CCCOc1cc(Br)c(CCN)cc1CCC. The molecule has 1 rings (SSSR count). The van der Waals surface area contributed by atoms with Crippen LogP contribution >= 0.6 is 15.9 Å². The van der Waals surface area contributed by atoms with Gasteiger partial charge in [0.05, 0.1) is 6.61 Å². The summed E-state index contributed by atoms with van der Waals surface area (Å²) < 4.78 is 6.90. The lowest BCUT2D eigenvalue weighted by Crippen LogP contribution is -2.05. The molecule has 0 aromatic heterocycles. The van der Waals surface area contributed by atoms with Crippen molar-refractivity contribution in [3.8, 4) is 5.75 Å². The second kappa shape index (κ2) is 7.72. The second-order valence-corrected chi connectivity index (χ2v) is 5.04. The van der Waals surface area contributed by atoms with E-state index in [1.165, 1.54) is 11.1 Å². The number of halogens is 1. The summed E-state index contributed by atoms with van der Waals surface area (Å²) in [6, 6.07) is 4.32. The highest BCUT2D eigenvalue weighted by Gasteiger charge is 2.08. The minimum absolute atomic E-state index is 0.680. The van der Waals surface area contributed by atoms with Crippen LogP contribution in [0.25, 0.3) is 0 Å². The highest BCUT2D eigenvalue weighted by molar-refractivity contribution is 9.10. The second-order valence-electron chi connectivity index (χ2n) is 4.19. The Hall–Kier alpha value is -0.540. The summed E-state index contributed by atoms with van der Waals surface area (Å²) >= 11 is 3.59. The molecule has 17 heavy (non-hydrogen) atoms. The van der Waals surface area contributed by atoms with E-state index in [-0.39, 0.29) is 0 Å². The molecule has 0 aliphatic heterocycles. The van der Waals surface area contributed by atoms with Crippen LogP contribution in [0.3, 0.4) is 0 Å². The molecule has 0 bridgehead atoms. The van der Waals surface area contributed by atoms with Crippen molar-refractivity contribution in [2.24, 2.45) is 5.73 Å². The molecule has 1 aromatic rings. The van der Waals surface area contributed by atoms with Crippen molar-refractivity contribution in [3.63, 3.8) is 0 Å². The first-order valence-electron chi connectivity index (χ1n) is 6.37. The molecule has 0 saturated heterocycles. The van der Waals surface area contributed by atoms with Gasteiger partial charge in [-0.25, -0.2) is 0 Å². The molecule has 0 fully saturated rings. The smallest absolute Gasteiger partial charge is 0.123 e.